The molecule has 1 aromatic carbocycles. The van der Waals surface area contributed by atoms with Gasteiger partial charge in [0.2, 0.25) is 11.8 Å². The van der Waals surface area contributed by atoms with Crippen LogP contribution < -0.4 is 10.6 Å². The van der Waals surface area contributed by atoms with Crippen LogP contribution in [0, 0.1) is 28.5 Å². The number of aromatic nitrogens is 1. The second-order valence-corrected chi connectivity index (χ2v) is 15.2. The van der Waals surface area contributed by atoms with Crippen LogP contribution in [-0.4, -0.2) is 55.6 Å². The number of ether oxygens (including phenoxy) is 2. The van der Waals surface area contributed by atoms with Crippen molar-refractivity contribution in [3.8, 4) is 0 Å². The van der Waals surface area contributed by atoms with Crippen molar-refractivity contribution in [2.75, 3.05) is 32.2 Å². The number of hydrogen-bond donors (Lipinski definition) is 2. The van der Waals surface area contributed by atoms with Crippen molar-refractivity contribution in [3.63, 3.8) is 0 Å². The lowest BCUT2D eigenvalue weighted by Crippen LogP contribution is -2.52. The van der Waals surface area contributed by atoms with E-state index in [1.54, 1.807) is 25.3 Å². The molecule has 8 nitrogen and oxygen atoms in total. The van der Waals surface area contributed by atoms with Gasteiger partial charge in [0.1, 0.15) is 11.9 Å². The maximum Gasteiger partial charge on any atom is 0.249 e. The van der Waals surface area contributed by atoms with E-state index in [9.17, 15) is 14.4 Å². The Hall–Kier alpha value is -2.59. The molecule has 6 rings (SSSR count). The Balaban J connectivity index is 1.37. The molecule has 4 aliphatic rings. The van der Waals surface area contributed by atoms with Gasteiger partial charge in [0.15, 0.2) is 11.0 Å². The summed E-state index contributed by atoms with van der Waals surface area (Å²) in [4.78, 5) is 45.7. The van der Waals surface area contributed by atoms with E-state index in [0.717, 1.165) is 31.2 Å². The Kier molecular flexibility index (Phi) is 9.26. The fourth-order valence-electron chi connectivity index (χ4n) is 8.90. The largest absolute Gasteiger partial charge is 0.383 e. The van der Waals surface area contributed by atoms with Gasteiger partial charge in [0, 0.05) is 48.8 Å². The monoisotopic (exact) mass is 673 g/mol. The Morgan fingerprint density at radius 2 is 1.91 bits per heavy atom. The van der Waals surface area contributed by atoms with Crippen LogP contribution in [0.4, 0.5) is 10.1 Å². The predicted octanol–water partition coefficient (Wildman–Crippen LogP) is 6.62. The molecule has 1 saturated heterocycles. The van der Waals surface area contributed by atoms with Gasteiger partial charge in [-0.2, -0.15) is 0 Å². The second-order valence-electron chi connectivity index (χ2n) is 14.4. The number of benzene rings is 1. The van der Waals surface area contributed by atoms with Gasteiger partial charge in [-0.05, 0) is 91.0 Å². The molecule has 0 unspecified atom stereocenters. The molecule has 2 aliphatic carbocycles. The van der Waals surface area contributed by atoms with E-state index >= 15 is 4.39 Å². The standard InChI is InChI=1S/C35H42Cl2FN3O5/c1-33(2)9-11-34(12-10-33)18-23(26(42)16-20-4-7-27(46-19-20)31(43)40-14-15-45-3)28(22-8-13-39-30(37)29(22)38)35(34)24-6-5-21(36)17-25(24)41-32(35)44/h5-6,8,13,17,20,23,27-28H,4,7,9-12,14-16,18-19H2,1-3H3,(H,40,43)(H,41,44)/t20-,23-,27-,28-,35+/m0/s1. The molecule has 11 heteroatoms. The highest BCUT2D eigenvalue weighted by atomic mass is 35.5. The molecule has 2 saturated carbocycles. The summed E-state index contributed by atoms with van der Waals surface area (Å²) in [6.45, 7) is 5.56. The molecule has 2 amide bonds. The molecular weight excluding hydrogens is 632 g/mol. The number of halogens is 3. The number of nitrogens with one attached hydrogen (secondary N) is 2. The Labute approximate surface area is 279 Å². The lowest BCUT2D eigenvalue weighted by atomic mass is 9.51. The lowest BCUT2D eigenvalue weighted by molar-refractivity contribution is -0.138. The average molecular weight is 675 g/mol. The van der Waals surface area contributed by atoms with Gasteiger partial charge in [-0.25, -0.2) is 9.37 Å². The number of carbonyl (C=O) groups excluding carboxylic acids is 3. The fourth-order valence-corrected chi connectivity index (χ4v) is 9.24. The summed E-state index contributed by atoms with van der Waals surface area (Å²) in [6.07, 6.45) is 5.90. The maximum atomic E-state index is 16.1. The zero-order valence-electron chi connectivity index (χ0n) is 26.6. The summed E-state index contributed by atoms with van der Waals surface area (Å²) >= 11 is 12.7. The first-order valence-electron chi connectivity index (χ1n) is 16.2. The minimum absolute atomic E-state index is 0.0229. The summed E-state index contributed by atoms with van der Waals surface area (Å²) in [6, 6.07) is 6.97. The zero-order valence-corrected chi connectivity index (χ0v) is 28.1. The number of amides is 2. The van der Waals surface area contributed by atoms with E-state index in [2.05, 4.69) is 29.5 Å². The van der Waals surface area contributed by atoms with Crippen molar-refractivity contribution in [3.05, 3.63) is 57.6 Å². The molecule has 0 radical (unpaired) electrons. The van der Waals surface area contributed by atoms with Crippen molar-refractivity contribution in [1.29, 1.82) is 0 Å². The Morgan fingerprint density at radius 1 is 1.15 bits per heavy atom. The number of pyridine rings is 1. The third-order valence-electron chi connectivity index (χ3n) is 11.3. The van der Waals surface area contributed by atoms with Crippen LogP contribution >= 0.6 is 23.2 Å². The van der Waals surface area contributed by atoms with Gasteiger partial charge in [-0.15, -0.1) is 0 Å². The number of rotatable bonds is 8. The average Bonchev–Trinajstić information content (AvgIpc) is 3.48. The number of Topliss-reactive ketones (excluding diaryl/α,β-unsaturated/α-hetero) is 1. The van der Waals surface area contributed by atoms with Crippen molar-refractivity contribution in [1.82, 2.24) is 10.3 Å². The van der Waals surface area contributed by atoms with E-state index in [-0.39, 0.29) is 52.7 Å². The van der Waals surface area contributed by atoms with E-state index in [1.165, 1.54) is 6.20 Å². The third-order valence-corrected chi connectivity index (χ3v) is 11.8. The first kappa shape index (κ1) is 33.3. The molecular formula is C35H42Cl2FN3O5. The molecule has 2 spiro atoms. The fraction of sp³-hybridized carbons (Fsp3) is 0.600. The molecule has 2 aromatic rings. The normalized spacial score (nSPS) is 29.5. The zero-order chi connectivity index (χ0) is 32.9. The van der Waals surface area contributed by atoms with Crippen LogP contribution in [-0.2, 0) is 29.3 Å². The summed E-state index contributed by atoms with van der Waals surface area (Å²) in [5, 5.41) is 6.12. The van der Waals surface area contributed by atoms with E-state index in [0.29, 0.717) is 43.1 Å². The van der Waals surface area contributed by atoms with Gasteiger partial charge >= 0.3 is 0 Å². The lowest BCUT2D eigenvalue weighted by Gasteiger charge is -2.51. The molecule has 248 valence electrons. The highest BCUT2D eigenvalue weighted by Gasteiger charge is 2.72. The summed E-state index contributed by atoms with van der Waals surface area (Å²) in [7, 11) is 1.57. The number of nitrogens with zero attached hydrogens (tertiary/aromatic N) is 1. The van der Waals surface area contributed by atoms with Gasteiger partial charge < -0.3 is 20.1 Å². The van der Waals surface area contributed by atoms with Crippen molar-refractivity contribution in [2.24, 2.45) is 22.7 Å². The highest BCUT2D eigenvalue weighted by Crippen LogP contribution is 2.72. The number of hydrogen-bond acceptors (Lipinski definition) is 6. The quantitative estimate of drug-likeness (QED) is 0.241. The predicted molar refractivity (Wildman–Crippen MR) is 173 cm³/mol. The first-order valence-corrected chi connectivity index (χ1v) is 17.0. The third kappa shape index (κ3) is 5.65. The van der Waals surface area contributed by atoms with Crippen molar-refractivity contribution < 1.29 is 28.2 Å². The minimum atomic E-state index is -1.20. The molecule has 3 heterocycles. The van der Waals surface area contributed by atoms with Crippen molar-refractivity contribution >= 4 is 46.5 Å². The number of anilines is 1. The van der Waals surface area contributed by atoms with Gasteiger partial charge in [0.25, 0.3) is 0 Å². The number of carbonyl (C=O) groups is 3. The maximum absolute atomic E-state index is 16.1. The number of fused-ring (bicyclic) bond motifs is 3. The topological polar surface area (TPSA) is 107 Å². The molecule has 1 aromatic heterocycles. The molecule has 46 heavy (non-hydrogen) atoms. The second kappa shape index (κ2) is 12.8. The first-order chi connectivity index (χ1) is 21.9. The molecule has 2 aliphatic heterocycles. The molecule has 2 N–H and O–H groups in total. The number of ketones is 1. The van der Waals surface area contributed by atoms with E-state index in [4.69, 9.17) is 32.7 Å². The highest BCUT2D eigenvalue weighted by molar-refractivity contribution is 6.31. The Morgan fingerprint density at radius 3 is 2.61 bits per heavy atom. The van der Waals surface area contributed by atoms with Gasteiger partial charge in [-0.1, -0.05) is 43.1 Å². The number of methoxy groups -OCH3 is 1. The van der Waals surface area contributed by atoms with Gasteiger partial charge in [-0.3, -0.25) is 14.4 Å². The minimum Gasteiger partial charge on any atom is -0.383 e. The van der Waals surface area contributed by atoms with E-state index < -0.39 is 34.6 Å². The molecule has 0 bridgehead atoms. The SMILES string of the molecule is COCCNC(=O)[C@@H]1CC[C@@H](CC(=O)[C@@H]2CC3(CCC(C)(C)CC3)[C@@]3(C(=O)Nc4cc(Cl)ccc43)[C@H]2c2ccnc(Cl)c2F)CO1. The summed E-state index contributed by atoms with van der Waals surface area (Å²) in [5.74, 6) is -2.66. The Bertz CT molecular complexity index is 1520. The van der Waals surface area contributed by atoms with E-state index in [1.807, 2.05) is 6.07 Å². The summed E-state index contributed by atoms with van der Waals surface area (Å²) in [5.41, 5.74) is -0.102. The smallest absolute Gasteiger partial charge is 0.249 e. The van der Waals surface area contributed by atoms with Crippen molar-refractivity contribution in [2.45, 2.75) is 82.7 Å². The van der Waals surface area contributed by atoms with Crippen LogP contribution in [0.25, 0.3) is 0 Å². The van der Waals surface area contributed by atoms with Crippen LogP contribution in [0.15, 0.2) is 30.5 Å². The molecule has 3 fully saturated rings. The van der Waals surface area contributed by atoms with Crippen LogP contribution in [0.2, 0.25) is 10.2 Å². The van der Waals surface area contributed by atoms with Crippen LogP contribution in [0.3, 0.4) is 0 Å². The summed E-state index contributed by atoms with van der Waals surface area (Å²) < 4.78 is 27.1. The van der Waals surface area contributed by atoms with Crippen LogP contribution in [0.5, 0.6) is 0 Å². The molecule has 5 atom stereocenters. The van der Waals surface area contributed by atoms with Gasteiger partial charge in [0.05, 0.1) is 18.6 Å². The van der Waals surface area contributed by atoms with Crippen LogP contribution in [0.1, 0.15) is 82.3 Å².